The Balaban J connectivity index is 1.58. The minimum absolute atomic E-state index is 0.300. The molecule has 0 unspecified atom stereocenters. The summed E-state index contributed by atoms with van der Waals surface area (Å²) < 4.78 is 5.76. The lowest BCUT2D eigenvalue weighted by atomic mass is 10.1. The molecule has 39 heavy (non-hydrogen) atoms. The molecule has 5 rings (SSSR count). The summed E-state index contributed by atoms with van der Waals surface area (Å²) in [5, 5.41) is 10.4. The van der Waals surface area contributed by atoms with E-state index in [2.05, 4.69) is 38.1 Å². The van der Waals surface area contributed by atoms with Gasteiger partial charge < -0.3 is 30.2 Å². The molecule has 9 nitrogen and oxygen atoms in total. The Morgan fingerprint density at radius 1 is 1.10 bits per heavy atom. The number of hydrogen-bond acceptors (Lipinski definition) is 8. The summed E-state index contributed by atoms with van der Waals surface area (Å²) in [7, 11) is 7.65. The number of carbonyl (C=O) groups excluding carboxylic acids is 1. The third-order valence-corrected chi connectivity index (χ3v) is 7.28. The normalized spacial score (nSPS) is 11.2. The lowest BCUT2D eigenvalue weighted by Crippen LogP contribution is -2.29. The smallest absolute Gasteiger partial charge is 0.247 e. The van der Waals surface area contributed by atoms with Gasteiger partial charge in [-0.2, -0.15) is 0 Å². The van der Waals surface area contributed by atoms with Crippen LogP contribution in [0.5, 0.6) is 5.75 Å². The zero-order valence-corrected chi connectivity index (χ0v) is 23.2. The maximum atomic E-state index is 12.3. The van der Waals surface area contributed by atoms with Crippen LogP contribution in [0.2, 0.25) is 0 Å². The molecule has 3 heterocycles. The van der Waals surface area contributed by atoms with Crippen LogP contribution in [0.4, 0.5) is 23.0 Å². The summed E-state index contributed by atoms with van der Waals surface area (Å²) in [6.07, 6.45) is 3.23. The summed E-state index contributed by atoms with van der Waals surface area (Å²) in [5.41, 5.74) is 4.95. The van der Waals surface area contributed by atoms with Crippen molar-refractivity contribution in [1.82, 2.24) is 19.9 Å². The first-order chi connectivity index (χ1) is 18.9. The van der Waals surface area contributed by atoms with Gasteiger partial charge in [0.2, 0.25) is 11.9 Å². The van der Waals surface area contributed by atoms with E-state index in [1.165, 1.54) is 6.08 Å². The Hall–Kier alpha value is -4.41. The second-order valence-electron chi connectivity index (χ2n) is 9.40. The van der Waals surface area contributed by atoms with Crippen LogP contribution in [-0.2, 0) is 4.79 Å². The van der Waals surface area contributed by atoms with Crippen LogP contribution in [-0.4, -0.2) is 67.1 Å². The van der Waals surface area contributed by atoms with Crippen LogP contribution in [0.1, 0.15) is 0 Å². The van der Waals surface area contributed by atoms with Crippen molar-refractivity contribution < 1.29 is 9.53 Å². The first-order valence-corrected chi connectivity index (χ1v) is 13.4. The molecule has 2 aromatic carbocycles. The molecular formula is C29H31N7O2S. The molecule has 5 aromatic rings. The van der Waals surface area contributed by atoms with Crippen LogP contribution in [0, 0.1) is 0 Å². The molecule has 0 saturated heterocycles. The van der Waals surface area contributed by atoms with Crippen molar-refractivity contribution in [2.45, 2.75) is 0 Å². The van der Waals surface area contributed by atoms with E-state index in [-0.39, 0.29) is 5.91 Å². The van der Waals surface area contributed by atoms with Crippen molar-refractivity contribution in [3.8, 4) is 17.0 Å². The maximum absolute atomic E-state index is 12.3. The summed E-state index contributed by atoms with van der Waals surface area (Å²) >= 11 is 1.56. The van der Waals surface area contributed by atoms with Gasteiger partial charge in [-0.25, -0.2) is 9.97 Å². The molecule has 0 saturated carbocycles. The predicted octanol–water partition coefficient (Wildman–Crippen LogP) is 5.71. The minimum atomic E-state index is -0.300. The predicted molar refractivity (Wildman–Crippen MR) is 162 cm³/mol. The number of aromatic nitrogens is 3. The number of benzene rings is 2. The number of fused-ring (bicyclic) bond motifs is 2. The first-order valence-electron chi connectivity index (χ1n) is 12.5. The summed E-state index contributed by atoms with van der Waals surface area (Å²) in [4.78, 5) is 30.4. The highest BCUT2D eigenvalue weighted by Gasteiger charge is 2.19. The van der Waals surface area contributed by atoms with E-state index < -0.39 is 0 Å². The molecule has 10 heteroatoms. The molecule has 3 aromatic heterocycles. The van der Waals surface area contributed by atoms with Crippen LogP contribution in [0.3, 0.4) is 0 Å². The number of likely N-dealkylation sites (N-methyl/N-ethyl adjacent to an activating group) is 2. The molecule has 3 N–H and O–H groups in total. The highest BCUT2D eigenvalue weighted by Crippen LogP contribution is 2.39. The number of carbonyl (C=O) groups is 1. The molecule has 200 valence electrons. The second kappa shape index (κ2) is 11.1. The highest BCUT2D eigenvalue weighted by molar-refractivity contribution is 7.16. The van der Waals surface area contributed by atoms with Gasteiger partial charge in [0.25, 0.3) is 0 Å². The van der Waals surface area contributed by atoms with Crippen molar-refractivity contribution >= 4 is 61.4 Å². The van der Waals surface area contributed by atoms with Crippen molar-refractivity contribution in [2.75, 3.05) is 56.9 Å². The van der Waals surface area contributed by atoms with Crippen molar-refractivity contribution in [2.24, 2.45) is 0 Å². The number of aromatic amines is 1. The number of para-hydroxylation sites is 1. The number of ether oxygens (including phenoxy) is 1. The van der Waals surface area contributed by atoms with E-state index in [4.69, 9.17) is 14.7 Å². The van der Waals surface area contributed by atoms with E-state index in [1.807, 2.05) is 69.1 Å². The third kappa shape index (κ3) is 5.43. The van der Waals surface area contributed by atoms with E-state index >= 15 is 0 Å². The summed E-state index contributed by atoms with van der Waals surface area (Å²) in [5.74, 6) is 0.728. The van der Waals surface area contributed by atoms with Gasteiger partial charge >= 0.3 is 0 Å². The molecule has 0 aliphatic carbocycles. The number of thiophene rings is 1. The Kier molecular flexibility index (Phi) is 7.49. The lowest BCUT2D eigenvalue weighted by molar-refractivity contribution is -0.111. The van der Waals surface area contributed by atoms with Gasteiger partial charge in [0.15, 0.2) is 0 Å². The number of H-pyrrole nitrogens is 1. The van der Waals surface area contributed by atoms with Gasteiger partial charge in [0.05, 0.1) is 29.9 Å². The molecular weight excluding hydrogens is 510 g/mol. The number of methoxy groups -OCH3 is 1. The van der Waals surface area contributed by atoms with Gasteiger partial charge in [-0.15, -0.1) is 11.3 Å². The van der Waals surface area contributed by atoms with Crippen molar-refractivity contribution in [3.05, 3.63) is 66.7 Å². The minimum Gasteiger partial charge on any atom is -0.494 e. The molecule has 0 bridgehead atoms. The van der Waals surface area contributed by atoms with Gasteiger partial charge in [-0.3, -0.25) is 4.79 Å². The topological polar surface area (TPSA) is 98.4 Å². The molecule has 0 spiro atoms. The van der Waals surface area contributed by atoms with Gasteiger partial charge in [-0.05, 0) is 43.8 Å². The number of rotatable bonds is 10. The first kappa shape index (κ1) is 26.2. The maximum Gasteiger partial charge on any atom is 0.247 e. The highest BCUT2D eigenvalue weighted by atomic mass is 32.1. The van der Waals surface area contributed by atoms with Crippen LogP contribution in [0.15, 0.2) is 66.7 Å². The van der Waals surface area contributed by atoms with Crippen LogP contribution >= 0.6 is 11.3 Å². The Morgan fingerprint density at radius 3 is 2.69 bits per heavy atom. The zero-order chi connectivity index (χ0) is 27.5. The molecule has 0 aliphatic rings. The fourth-order valence-electron chi connectivity index (χ4n) is 4.41. The monoisotopic (exact) mass is 541 g/mol. The summed E-state index contributed by atoms with van der Waals surface area (Å²) in [6.45, 7) is 5.20. The number of amides is 1. The Labute approximate surface area is 231 Å². The van der Waals surface area contributed by atoms with Crippen LogP contribution < -0.4 is 20.3 Å². The average Bonchev–Trinajstić information content (AvgIpc) is 3.58. The number of anilines is 4. The largest absolute Gasteiger partial charge is 0.494 e. The Morgan fingerprint density at radius 2 is 1.92 bits per heavy atom. The SMILES string of the molecule is C=CC(=O)Nc1cc(Nc2nc(-c3c[nH]c4ccccc34)c3ccsc3n2)c(OC)cc1N(C)CCN(C)C. The second-order valence-corrected chi connectivity index (χ2v) is 10.3. The quantitative estimate of drug-likeness (QED) is 0.195. The number of nitrogens with zero attached hydrogens (tertiary/aromatic N) is 4. The number of hydrogen-bond donors (Lipinski definition) is 3. The van der Waals surface area contributed by atoms with Crippen LogP contribution in [0.25, 0.3) is 32.4 Å². The molecule has 1 amide bonds. The average molecular weight is 542 g/mol. The third-order valence-electron chi connectivity index (χ3n) is 6.47. The van der Waals surface area contributed by atoms with Crippen molar-refractivity contribution in [1.29, 1.82) is 0 Å². The Bertz CT molecular complexity index is 1660. The lowest BCUT2D eigenvalue weighted by Gasteiger charge is -2.26. The fourth-order valence-corrected chi connectivity index (χ4v) is 5.17. The van der Waals surface area contributed by atoms with Crippen molar-refractivity contribution in [3.63, 3.8) is 0 Å². The van der Waals surface area contributed by atoms with Gasteiger partial charge in [0.1, 0.15) is 10.6 Å². The van der Waals surface area contributed by atoms with E-state index in [1.54, 1.807) is 18.4 Å². The van der Waals surface area contributed by atoms with E-state index in [9.17, 15) is 4.79 Å². The standard InChI is InChI=1S/C29H31N7O2S/c1-6-26(37)31-22-15-23(25(38-5)16-24(22)36(4)13-12-35(2)3)32-29-33-27(19-11-14-39-28(19)34-29)20-17-30-21-10-8-7-9-18(20)21/h6-11,14-17,30H,1,12-13H2,2-5H3,(H,31,37)(H,32,33,34). The van der Waals surface area contributed by atoms with E-state index in [0.717, 1.165) is 51.2 Å². The van der Waals surface area contributed by atoms with Gasteiger partial charge in [-0.1, -0.05) is 24.8 Å². The molecule has 0 aliphatic heterocycles. The summed E-state index contributed by atoms with van der Waals surface area (Å²) in [6, 6.07) is 13.9. The van der Waals surface area contributed by atoms with E-state index in [0.29, 0.717) is 23.1 Å². The zero-order valence-electron chi connectivity index (χ0n) is 22.4. The molecule has 0 radical (unpaired) electrons. The number of nitrogens with one attached hydrogen (secondary N) is 3. The molecule has 0 fully saturated rings. The fraction of sp³-hybridized carbons (Fsp3) is 0.207. The van der Waals surface area contributed by atoms with Gasteiger partial charge in [0, 0.05) is 54.3 Å². The molecule has 0 atom stereocenters.